The van der Waals surface area contributed by atoms with Gasteiger partial charge in [0.25, 0.3) is 0 Å². The van der Waals surface area contributed by atoms with Crippen LogP contribution in [0.5, 0.6) is 0 Å². The molecule has 145 valence electrons. The molecule has 1 aliphatic carbocycles. The van der Waals surface area contributed by atoms with Gasteiger partial charge < -0.3 is 14.7 Å². The van der Waals surface area contributed by atoms with Crippen LogP contribution in [0.25, 0.3) is 0 Å². The molecule has 0 amide bonds. The van der Waals surface area contributed by atoms with Crippen molar-refractivity contribution in [2.75, 3.05) is 6.61 Å². The van der Waals surface area contributed by atoms with E-state index in [4.69, 9.17) is 4.52 Å². The number of hydrogen-bond acceptors (Lipinski definition) is 3. The Labute approximate surface area is 250 Å². The fourth-order valence-electron chi connectivity index (χ4n) is 3.24. The van der Waals surface area contributed by atoms with Gasteiger partial charge in [0.1, 0.15) is 0 Å². The van der Waals surface area contributed by atoms with Crippen LogP contribution in [-0.4, -0.2) is 29.0 Å². The zero-order valence-corrected chi connectivity index (χ0v) is 26.1. The first-order valence-corrected chi connectivity index (χ1v) is 10.2. The van der Waals surface area contributed by atoms with Crippen molar-refractivity contribution in [3.05, 3.63) is 84.0 Å². The molecule has 3 radical (unpaired) electrons. The maximum absolute atomic E-state index is 10.2. The molecule has 2 aromatic carbocycles. The van der Waals surface area contributed by atoms with Gasteiger partial charge in [-0.3, -0.25) is 0 Å². The van der Waals surface area contributed by atoms with Gasteiger partial charge >= 0.3 is 0 Å². The van der Waals surface area contributed by atoms with E-state index in [9.17, 15) is 10.2 Å². The molecule has 1 fully saturated rings. The number of aliphatic hydroxyl groups is 2. The van der Waals surface area contributed by atoms with Crippen molar-refractivity contribution in [3.63, 3.8) is 0 Å². The maximum atomic E-state index is 10.2. The van der Waals surface area contributed by atoms with E-state index in [1.807, 2.05) is 55.5 Å². The van der Waals surface area contributed by atoms with Crippen molar-refractivity contribution in [1.29, 1.82) is 0 Å². The molecule has 0 heterocycles. The normalized spacial score (nSPS) is 18.2. The molecule has 0 unspecified atom stereocenters. The summed E-state index contributed by atoms with van der Waals surface area (Å²) in [4.78, 5) is 0. The number of rotatable bonds is 5. The molecule has 3 rings (SSSR count). The van der Waals surface area contributed by atoms with Crippen LogP contribution in [0.15, 0.2) is 84.0 Å². The van der Waals surface area contributed by atoms with Gasteiger partial charge in [-0.25, -0.2) is 0 Å². The van der Waals surface area contributed by atoms with Crippen molar-refractivity contribution < 1.29 is 113 Å². The van der Waals surface area contributed by atoms with Crippen LogP contribution in [0.2, 0.25) is 0 Å². The third-order valence-electron chi connectivity index (χ3n) is 4.57. The summed E-state index contributed by atoms with van der Waals surface area (Å²) in [7, 11) is -0.893. The van der Waals surface area contributed by atoms with Crippen LogP contribution in [-0.2, 0) is 103 Å². The van der Waals surface area contributed by atoms with Crippen LogP contribution in [0, 0.1) is 0 Å². The topological polar surface area (TPSA) is 49.7 Å². The van der Waals surface area contributed by atoms with E-state index in [-0.39, 0.29) is 98.1 Å². The third kappa shape index (κ3) is 9.13. The van der Waals surface area contributed by atoms with Crippen LogP contribution < -0.4 is 10.6 Å². The minimum atomic E-state index is -0.893. The van der Waals surface area contributed by atoms with E-state index in [2.05, 4.69) is 24.3 Å². The summed E-state index contributed by atoms with van der Waals surface area (Å²) in [6, 6.07) is 20.5. The Morgan fingerprint density at radius 1 is 0.862 bits per heavy atom. The second-order valence-corrected chi connectivity index (χ2v) is 8.23. The molecular formula is C22H25O3PY3. The molecule has 1 saturated carbocycles. The van der Waals surface area contributed by atoms with Crippen molar-refractivity contribution in [3.8, 4) is 0 Å². The SMILES string of the molecule is CC=C1[C@H](O)CC(=CCOP(c2ccccc2)c2ccccc2)C[C@H]1O.[Y].[Y].[Y]. The van der Waals surface area contributed by atoms with E-state index < -0.39 is 20.4 Å². The molecular weight excluding hydrogens is 610 g/mol. The fourth-order valence-corrected chi connectivity index (χ4v) is 4.95. The van der Waals surface area contributed by atoms with Crippen molar-refractivity contribution in [2.24, 2.45) is 0 Å². The standard InChI is InChI=1S/C22H25O3P.3Y/c1-2-20-21(23)15-17(16-22(20)24)13-14-25-26(18-9-5-3-6-10-18)19-11-7-4-8-12-19;;;/h2-13,21-24H,14-16H2,1H3;;;/t21-,22-;;;/m1.../s1. The van der Waals surface area contributed by atoms with Crippen molar-refractivity contribution in [2.45, 2.75) is 32.0 Å². The summed E-state index contributed by atoms with van der Waals surface area (Å²) < 4.78 is 6.25. The van der Waals surface area contributed by atoms with E-state index >= 15 is 0 Å². The minimum absolute atomic E-state index is 0. The predicted octanol–water partition coefficient (Wildman–Crippen LogP) is 3.43. The largest absolute Gasteiger partial charge is 0.388 e. The summed E-state index contributed by atoms with van der Waals surface area (Å²) >= 11 is 0. The molecule has 29 heavy (non-hydrogen) atoms. The first-order valence-electron chi connectivity index (χ1n) is 8.92. The molecule has 0 aromatic heterocycles. The van der Waals surface area contributed by atoms with Gasteiger partial charge in [0, 0.05) is 109 Å². The molecule has 0 bridgehead atoms. The number of hydrogen-bond donors (Lipinski definition) is 2. The van der Waals surface area contributed by atoms with Crippen LogP contribution >= 0.6 is 8.15 Å². The molecule has 0 spiro atoms. The van der Waals surface area contributed by atoms with E-state index in [0.29, 0.717) is 19.4 Å². The number of benzene rings is 2. The fraction of sp³-hybridized carbons (Fsp3) is 0.273. The number of aliphatic hydroxyl groups excluding tert-OH is 2. The van der Waals surface area contributed by atoms with Gasteiger partial charge in [-0.2, -0.15) is 0 Å². The van der Waals surface area contributed by atoms with E-state index in [0.717, 1.165) is 11.1 Å². The summed E-state index contributed by atoms with van der Waals surface area (Å²) in [5.41, 5.74) is 1.77. The molecule has 0 saturated heterocycles. The summed E-state index contributed by atoms with van der Waals surface area (Å²) in [5, 5.41) is 22.7. The minimum Gasteiger partial charge on any atom is -0.388 e. The van der Waals surface area contributed by atoms with Crippen molar-refractivity contribution >= 4 is 18.8 Å². The van der Waals surface area contributed by atoms with Crippen LogP contribution in [0.3, 0.4) is 0 Å². The summed E-state index contributed by atoms with van der Waals surface area (Å²) in [6.45, 7) is 2.32. The third-order valence-corrected chi connectivity index (χ3v) is 6.51. The Morgan fingerprint density at radius 3 is 1.72 bits per heavy atom. The Bertz CT molecular complexity index is 714. The average molecular weight is 635 g/mol. The molecule has 2 N–H and O–H groups in total. The van der Waals surface area contributed by atoms with Gasteiger partial charge in [-0.05, 0) is 25.3 Å². The first kappa shape index (κ1) is 30.5. The molecule has 2 aromatic rings. The summed E-state index contributed by atoms with van der Waals surface area (Å²) in [5.74, 6) is 0. The predicted molar refractivity (Wildman–Crippen MR) is 108 cm³/mol. The molecule has 1 aliphatic rings. The smallest absolute Gasteiger partial charge is 0.0922 e. The first-order chi connectivity index (χ1) is 12.7. The van der Waals surface area contributed by atoms with Gasteiger partial charge in [0.15, 0.2) is 0 Å². The molecule has 3 nitrogen and oxygen atoms in total. The van der Waals surface area contributed by atoms with E-state index in [1.165, 1.54) is 10.6 Å². The number of allylic oxidation sites excluding steroid dienone is 1. The Hall–Kier alpha value is 1.54. The van der Waals surface area contributed by atoms with Crippen LogP contribution in [0.1, 0.15) is 19.8 Å². The Balaban J connectivity index is 0.00000261. The molecule has 7 heteroatoms. The van der Waals surface area contributed by atoms with Crippen molar-refractivity contribution in [1.82, 2.24) is 0 Å². The van der Waals surface area contributed by atoms with Gasteiger partial charge in [0.05, 0.1) is 27.0 Å². The van der Waals surface area contributed by atoms with Crippen LogP contribution in [0.4, 0.5) is 0 Å². The second-order valence-electron chi connectivity index (χ2n) is 6.35. The summed E-state index contributed by atoms with van der Waals surface area (Å²) in [6.07, 6.45) is 3.76. The van der Waals surface area contributed by atoms with E-state index in [1.54, 1.807) is 0 Å². The van der Waals surface area contributed by atoms with Gasteiger partial charge in [-0.15, -0.1) is 0 Å². The second kappa shape index (κ2) is 16.2. The molecule has 2 atom stereocenters. The van der Waals surface area contributed by atoms with Gasteiger partial charge in [0.2, 0.25) is 0 Å². The quantitative estimate of drug-likeness (QED) is 0.392. The zero-order chi connectivity index (χ0) is 18.4. The van der Waals surface area contributed by atoms with Gasteiger partial charge in [-0.1, -0.05) is 78.4 Å². The average Bonchev–Trinajstić information content (AvgIpc) is 2.66. The molecule has 0 aliphatic heterocycles. The Kier molecular flexibility index (Phi) is 17.1. The zero-order valence-electron chi connectivity index (χ0n) is 16.7. The monoisotopic (exact) mass is 635 g/mol. The maximum Gasteiger partial charge on any atom is 0.0922 e. The Morgan fingerprint density at radius 2 is 1.31 bits per heavy atom.